The molecule has 0 radical (unpaired) electrons. The lowest BCUT2D eigenvalue weighted by Gasteiger charge is -2.34. The van der Waals surface area contributed by atoms with E-state index >= 15 is 0 Å². The van der Waals surface area contributed by atoms with Crippen LogP contribution in [0, 0.1) is 0 Å². The van der Waals surface area contributed by atoms with Gasteiger partial charge in [0.1, 0.15) is 23.5 Å². The number of nitrogens with zero attached hydrogens (tertiary/aromatic N) is 7. The van der Waals surface area contributed by atoms with Crippen LogP contribution in [0.15, 0.2) is 55.1 Å². The second-order valence-electron chi connectivity index (χ2n) is 7.73. The molecule has 4 heterocycles. The first-order valence-electron chi connectivity index (χ1n) is 10.8. The fraction of sp³-hybridized carbons (Fsp3) is 0.261. The fourth-order valence-electron chi connectivity index (χ4n) is 3.91. The zero-order chi connectivity index (χ0) is 23.5. The molecule has 174 valence electrons. The van der Waals surface area contributed by atoms with Crippen LogP contribution in [0.3, 0.4) is 0 Å². The first-order chi connectivity index (χ1) is 16.7. The molecule has 1 aliphatic rings. The molecule has 1 N–H and O–H groups in total. The zero-order valence-corrected chi connectivity index (χ0v) is 18.9. The quantitative estimate of drug-likeness (QED) is 0.465. The molecule has 11 heteroatoms. The maximum absolute atomic E-state index is 13.1. The molecule has 0 bridgehead atoms. The van der Waals surface area contributed by atoms with Crippen molar-refractivity contribution >= 4 is 11.7 Å². The van der Waals surface area contributed by atoms with Crippen LogP contribution >= 0.6 is 0 Å². The minimum absolute atomic E-state index is 0.0956. The first kappa shape index (κ1) is 21.4. The first-order valence-corrected chi connectivity index (χ1v) is 10.8. The highest BCUT2D eigenvalue weighted by molar-refractivity contribution is 5.93. The average Bonchev–Trinajstić information content (AvgIpc) is 3.61. The molecule has 0 saturated carbocycles. The molecule has 1 saturated heterocycles. The van der Waals surface area contributed by atoms with Gasteiger partial charge in [0.15, 0.2) is 11.6 Å². The molecule has 0 unspecified atom stereocenters. The van der Waals surface area contributed by atoms with Crippen molar-refractivity contribution in [1.82, 2.24) is 34.8 Å². The number of hydrogen-bond donors (Lipinski definition) is 1. The van der Waals surface area contributed by atoms with Gasteiger partial charge in [0.25, 0.3) is 5.91 Å². The molecule has 0 atom stereocenters. The minimum atomic E-state index is -0.0956. The molecule has 4 aromatic rings. The van der Waals surface area contributed by atoms with Crippen LogP contribution in [0.4, 0.5) is 5.82 Å². The van der Waals surface area contributed by atoms with Gasteiger partial charge in [-0.05, 0) is 36.4 Å². The van der Waals surface area contributed by atoms with Crippen LogP contribution in [0.25, 0.3) is 17.1 Å². The van der Waals surface area contributed by atoms with Crippen molar-refractivity contribution in [2.24, 2.45) is 0 Å². The third kappa shape index (κ3) is 4.15. The van der Waals surface area contributed by atoms with Gasteiger partial charge >= 0.3 is 0 Å². The van der Waals surface area contributed by atoms with Crippen molar-refractivity contribution in [2.45, 2.75) is 0 Å². The number of methoxy groups -OCH3 is 2. The maximum Gasteiger partial charge on any atom is 0.272 e. The summed E-state index contributed by atoms with van der Waals surface area (Å²) in [6.45, 7) is 2.46. The molecule has 1 amide bonds. The van der Waals surface area contributed by atoms with Gasteiger partial charge in [-0.2, -0.15) is 5.10 Å². The highest BCUT2D eigenvalue weighted by Gasteiger charge is 2.25. The summed E-state index contributed by atoms with van der Waals surface area (Å²) in [6, 6.07) is 11.0. The van der Waals surface area contributed by atoms with Crippen LogP contribution in [-0.2, 0) is 0 Å². The van der Waals surface area contributed by atoms with E-state index in [0.29, 0.717) is 54.9 Å². The molecule has 34 heavy (non-hydrogen) atoms. The van der Waals surface area contributed by atoms with E-state index in [1.807, 2.05) is 41.4 Å². The highest BCUT2D eigenvalue weighted by Crippen LogP contribution is 2.32. The monoisotopic (exact) mass is 460 g/mol. The Kier molecular flexibility index (Phi) is 5.81. The number of H-pyrrole nitrogens is 1. The van der Waals surface area contributed by atoms with Crippen molar-refractivity contribution in [3.8, 4) is 28.6 Å². The molecule has 0 spiro atoms. The van der Waals surface area contributed by atoms with Crippen molar-refractivity contribution in [3.05, 3.63) is 60.8 Å². The molecule has 5 rings (SSSR count). The summed E-state index contributed by atoms with van der Waals surface area (Å²) in [7, 11) is 3.20. The van der Waals surface area contributed by atoms with Crippen molar-refractivity contribution in [3.63, 3.8) is 0 Å². The maximum atomic E-state index is 13.1. The summed E-state index contributed by atoms with van der Waals surface area (Å²) < 4.78 is 12.6. The molecular formula is C23H24N8O3. The van der Waals surface area contributed by atoms with Crippen LogP contribution in [0.5, 0.6) is 11.5 Å². The Morgan fingerprint density at radius 3 is 2.44 bits per heavy atom. The number of imidazole rings is 1. The molecule has 1 aromatic carbocycles. The van der Waals surface area contributed by atoms with E-state index in [1.165, 1.54) is 0 Å². The second kappa shape index (κ2) is 9.22. The lowest BCUT2D eigenvalue weighted by molar-refractivity contribution is 0.0740. The standard InChI is InChI=1S/C23H24N8O3/c1-33-16-3-4-20(34-2)17(13-16)18-14-19(26-25-18)23(32)30-11-9-29(10-12-30)21-5-6-22(28-27-21)31-8-7-24-15-31/h3-8,13-15H,9-12H2,1-2H3,(H,25,26). The fourth-order valence-corrected chi connectivity index (χ4v) is 3.91. The van der Waals surface area contributed by atoms with E-state index < -0.39 is 0 Å². The van der Waals surface area contributed by atoms with E-state index in [0.717, 1.165) is 11.4 Å². The Labute approximate surface area is 196 Å². The van der Waals surface area contributed by atoms with E-state index in [2.05, 4.69) is 30.3 Å². The number of piperazine rings is 1. The van der Waals surface area contributed by atoms with Gasteiger partial charge in [-0.1, -0.05) is 0 Å². The Hall–Kier alpha value is -4.41. The summed E-state index contributed by atoms with van der Waals surface area (Å²) in [4.78, 5) is 21.0. The lowest BCUT2D eigenvalue weighted by Crippen LogP contribution is -2.49. The number of carbonyl (C=O) groups excluding carboxylic acids is 1. The largest absolute Gasteiger partial charge is 0.497 e. The number of aromatic nitrogens is 6. The van der Waals surface area contributed by atoms with Gasteiger partial charge in [0.2, 0.25) is 0 Å². The van der Waals surface area contributed by atoms with Crippen LogP contribution < -0.4 is 14.4 Å². The van der Waals surface area contributed by atoms with Gasteiger partial charge in [0.05, 0.1) is 19.9 Å². The lowest BCUT2D eigenvalue weighted by atomic mass is 10.1. The third-order valence-electron chi connectivity index (χ3n) is 5.79. The van der Waals surface area contributed by atoms with Gasteiger partial charge < -0.3 is 19.3 Å². The number of benzene rings is 1. The second-order valence-corrected chi connectivity index (χ2v) is 7.73. The molecule has 1 aliphatic heterocycles. The highest BCUT2D eigenvalue weighted by atomic mass is 16.5. The normalized spacial score (nSPS) is 13.7. The number of anilines is 1. The third-order valence-corrected chi connectivity index (χ3v) is 5.79. The summed E-state index contributed by atoms with van der Waals surface area (Å²) in [5, 5.41) is 15.8. The SMILES string of the molecule is COc1ccc(OC)c(-c2cc(C(=O)N3CCN(c4ccc(-n5ccnc5)nn4)CC3)[nH]n2)c1. The summed E-state index contributed by atoms with van der Waals surface area (Å²) >= 11 is 0. The van der Waals surface area contributed by atoms with Gasteiger partial charge in [-0.25, -0.2) is 4.98 Å². The number of carbonyl (C=O) groups is 1. The predicted octanol–water partition coefficient (Wildman–Crippen LogP) is 2.03. The van der Waals surface area contributed by atoms with Crippen LogP contribution in [-0.4, -0.2) is 81.2 Å². The van der Waals surface area contributed by atoms with Gasteiger partial charge in [-0.3, -0.25) is 14.5 Å². The van der Waals surface area contributed by atoms with E-state index in [-0.39, 0.29) is 5.91 Å². The van der Waals surface area contributed by atoms with Crippen LogP contribution in [0.2, 0.25) is 0 Å². The molecule has 11 nitrogen and oxygen atoms in total. The van der Waals surface area contributed by atoms with Crippen molar-refractivity contribution in [1.29, 1.82) is 0 Å². The number of aromatic amines is 1. The smallest absolute Gasteiger partial charge is 0.272 e. The van der Waals surface area contributed by atoms with Crippen molar-refractivity contribution < 1.29 is 14.3 Å². The molecule has 0 aliphatic carbocycles. The Bertz CT molecular complexity index is 1260. The Morgan fingerprint density at radius 1 is 0.971 bits per heavy atom. The molecule has 3 aromatic heterocycles. The topological polar surface area (TPSA) is 114 Å². The molecule has 1 fully saturated rings. The summed E-state index contributed by atoms with van der Waals surface area (Å²) in [5.74, 6) is 2.73. The summed E-state index contributed by atoms with van der Waals surface area (Å²) in [6.07, 6.45) is 5.19. The van der Waals surface area contributed by atoms with Crippen molar-refractivity contribution in [2.75, 3.05) is 45.3 Å². The van der Waals surface area contributed by atoms with Gasteiger partial charge in [-0.15, -0.1) is 10.2 Å². The minimum Gasteiger partial charge on any atom is -0.497 e. The predicted molar refractivity (Wildman–Crippen MR) is 124 cm³/mol. The Balaban J connectivity index is 1.24. The number of rotatable bonds is 6. The van der Waals surface area contributed by atoms with Gasteiger partial charge in [0, 0.05) is 44.1 Å². The van der Waals surface area contributed by atoms with E-state index in [9.17, 15) is 4.79 Å². The Morgan fingerprint density at radius 2 is 1.76 bits per heavy atom. The summed E-state index contributed by atoms with van der Waals surface area (Å²) in [5.41, 5.74) is 1.79. The number of nitrogens with one attached hydrogen (secondary N) is 1. The number of amides is 1. The van der Waals surface area contributed by atoms with E-state index in [1.54, 1.807) is 37.4 Å². The van der Waals surface area contributed by atoms with Crippen LogP contribution in [0.1, 0.15) is 10.5 Å². The molecular weight excluding hydrogens is 436 g/mol. The number of hydrogen-bond acceptors (Lipinski definition) is 8. The van der Waals surface area contributed by atoms with E-state index in [4.69, 9.17) is 9.47 Å². The average molecular weight is 460 g/mol. The zero-order valence-electron chi connectivity index (χ0n) is 18.9. The number of ether oxygens (including phenoxy) is 2.